The zero-order valence-corrected chi connectivity index (χ0v) is 38.4. The lowest BCUT2D eigenvalue weighted by Crippen LogP contribution is -2.30. The molecule has 0 bridgehead atoms. The predicted octanol–water partition coefficient (Wildman–Crippen LogP) is 11.8. The summed E-state index contributed by atoms with van der Waals surface area (Å²) in [6, 6.07) is 28.0. The van der Waals surface area contributed by atoms with E-state index in [1.165, 1.54) is 7.11 Å². The van der Waals surface area contributed by atoms with Crippen LogP contribution in [0.25, 0.3) is 0 Å². The Hall–Kier alpha value is -4.59. The van der Waals surface area contributed by atoms with Gasteiger partial charge in [-0.2, -0.15) is 0 Å². The molecule has 2 aliphatic rings. The molecule has 15 heteroatoms. The lowest BCUT2D eigenvalue weighted by molar-refractivity contribution is -0.00748. The molecular weight excluding hydrogens is 959 g/mol. The van der Waals surface area contributed by atoms with Gasteiger partial charge in [-0.05, 0) is 116 Å². The zero-order chi connectivity index (χ0) is 43.2. The van der Waals surface area contributed by atoms with Crippen LogP contribution in [-0.4, -0.2) is 47.2 Å². The van der Waals surface area contributed by atoms with Gasteiger partial charge in [0.1, 0.15) is 0 Å². The number of aromatic nitrogens is 1. The van der Waals surface area contributed by atoms with Gasteiger partial charge in [0, 0.05) is 72.4 Å². The summed E-state index contributed by atoms with van der Waals surface area (Å²) >= 11 is 25.7. The summed E-state index contributed by atoms with van der Waals surface area (Å²) in [7, 11) is 1.21. The van der Waals surface area contributed by atoms with E-state index in [2.05, 4.69) is 57.2 Å². The van der Waals surface area contributed by atoms with Crippen molar-refractivity contribution in [3.05, 3.63) is 166 Å². The minimum atomic E-state index is -0.837. The predicted molar refractivity (Wildman–Crippen MR) is 242 cm³/mol. The number of imide groups is 1. The summed E-state index contributed by atoms with van der Waals surface area (Å²) in [5.41, 5.74) is 7.29. The molecule has 7 rings (SSSR count). The molecule has 2 unspecified atom stereocenters. The fraction of sp³-hybridized carbons (Fsp3) is 0.244. The van der Waals surface area contributed by atoms with Crippen molar-refractivity contribution in [2.24, 2.45) is 10.3 Å². The SMILES string of the molecule is COC(=O)NC(=O)c1ccc(C2=NOC(C)(c3cc(Br)cc(Br)c3)C2)cc1C.Cc1cc(C2=NOC(CCl)(c3cc(Cl)cc(Cl)c3)C2)ccc1C(=O)CCc1ccccn1. The summed E-state index contributed by atoms with van der Waals surface area (Å²) in [5.74, 6) is -0.225. The first-order valence-electron chi connectivity index (χ1n) is 18.7. The first-order chi connectivity index (χ1) is 28.6. The van der Waals surface area contributed by atoms with Crippen molar-refractivity contribution in [2.75, 3.05) is 13.0 Å². The summed E-state index contributed by atoms with van der Waals surface area (Å²) in [6.07, 6.45) is 3.03. The number of alkyl halides is 1. The molecule has 1 N–H and O–H groups in total. The second kappa shape index (κ2) is 19.4. The molecule has 0 saturated heterocycles. The number of pyridine rings is 1. The van der Waals surface area contributed by atoms with Gasteiger partial charge < -0.3 is 14.4 Å². The standard InChI is InChI=1S/C25H21Cl3N2O2.C20H18Br2N2O4/c1-16-10-17(5-7-22(16)24(31)8-6-21-4-2-3-9-29-21)23-14-25(15-26,32-30-23)18-11-19(27)13-20(28)12-18;1-11-6-12(4-5-16(11)18(25)23-19(26)27-3)17-10-20(2,28-24-17)13-7-14(21)9-15(22)8-13/h2-5,7,9-13H,6,8,14-15H2,1H3;4-9H,10H2,1-3H3,(H,23,25,26). The molecule has 1 aromatic heterocycles. The maximum atomic E-state index is 12.7. The highest BCUT2D eigenvalue weighted by molar-refractivity contribution is 9.11. The van der Waals surface area contributed by atoms with Crippen molar-refractivity contribution in [3.8, 4) is 0 Å². The Morgan fingerprint density at radius 2 is 1.40 bits per heavy atom. The lowest BCUT2D eigenvalue weighted by Gasteiger charge is -2.25. The molecule has 10 nitrogen and oxygen atoms in total. The quantitative estimate of drug-likeness (QED) is 0.109. The number of amides is 2. The van der Waals surface area contributed by atoms with Gasteiger partial charge >= 0.3 is 6.09 Å². The normalized spacial score (nSPS) is 17.9. The molecule has 2 atom stereocenters. The molecule has 0 aliphatic carbocycles. The highest BCUT2D eigenvalue weighted by atomic mass is 79.9. The molecule has 0 saturated carbocycles. The van der Waals surface area contributed by atoms with Crippen molar-refractivity contribution in [2.45, 2.75) is 57.7 Å². The number of oxime groups is 2. The molecule has 3 heterocycles. The number of carbonyl (C=O) groups is 3. The van der Waals surface area contributed by atoms with Crippen molar-refractivity contribution in [1.82, 2.24) is 10.3 Å². The number of hydrogen-bond donors (Lipinski definition) is 1. The van der Waals surface area contributed by atoms with E-state index in [4.69, 9.17) is 44.5 Å². The number of ether oxygens (including phenoxy) is 1. The number of alkyl carbamates (subject to hydrolysis) is 1. The topological polar surface area (TPSA) is 129 Å². The molecule has 2 amide bonds. The third-order valence-electron chi connectivity index (χ3n) is 10.1. The number of carbonyl (C=O) groups excluding carboxylic acids is 3. The van der Waals surface area contributed by atoms with Gasteiger partial charge in [-0.1, -0.05) is 89.6 Å². The second-order valence-corrected chi connectivity index (χ2v) is 17.5. The maximum Gasteiger partial charge on any atom is 0.413 e. The average molecular weight is 998 g/mol. The molecule has 0 radical (unpaired) electrons. The number of Topliss-reactive ketones (excluding diaryl/α,β-unsaturated/α-hetero) is 1. The number of benzene rings is 4. The summed E-state index contributed by atoms with van der Waals surface area (Å²) in [5, 5.41) is 11.8. The summed E-state index contributed by atoms with van der Waals surface area (Å²) in [6.45, 7) is 5.72. The van der Waals surface area contributed by atoms with Crippen molar-refractivity contribution < 1.29 is 28.8 Å². The Morgan fingerprint density at radius 1 is 0.783 bits per heavy atom. The van der Waals surface area contributed by atoms with E-state index >= 15 is 0 Å². The number of nitrogens with zero attached hydrogens (tertiary/aromatic N) is 3. The highest BCUT2D eigenvalue weighted by Crippen LogP contribution is 2.41. The number of aryl methyl sites for hydroxylation is 3. The van der Waals surface area contributed by atoms with Crippen molar-refractivity contribution in [3.63, 3.8) is 0 Å². The van der Waals surface area contributed by atoms with E-state index in [1.54, 1.807) is 43.5 Å². The van der Waals surface area contributed by atoms with Gasteiger partial charge in [0.05, 0.1) is 24.4 Å². The number of nitrogens with one attached hydrogen (secondary N) is 1. The number of halogens is 5. The van der Waals surface area contributed by atoms with Gasteiger partial charge in [0.25, 0.3) is 5.91 Å². The van der Waals surface area contributed by atoms with Crippen LogP contribution in [0.15, 0.2) is 116 Å². The van der Waals surface area contributed by atoms with E-state index in [1.807, 2.05) is 74.5 Å². The Bertz CT molecular complexity index is 2480. The van der Waals surface area contributed by atoms with Crippen molar-refractivity contribution >= 4 is 95.9 Å². The number of rotatable bonds is 10. The fourth-order valence-electron chi connectivity index (χ4n) is 6.85. The van der Waals surface area contributed by atoms with E-state index in [0.717, 1.165) is 59.4 Å². The second-order valence-electron chi connectivity index (χ2n) is 14.5. The summed E-state index contributed by atoms with van der Waals surface area (Å²) in [4.78, 5) is 52.0. The van der Waals surface area contributed by atoms with Gasteiger partial charge in [-0.25, -0.2) is 4.79 Å². The number of hydrogen-bond acceptors (Lipinski definition) is 9. The van der Waals surface area contributed by atoms with Crippen LogP contribution in [0.5, 0.6) is 0 Å². The molecule has 60 heavy (non-hydrogen) atoms. The van der Waals surface area contributed by atoms with Gasteiger partial charge in [-0.15, -0.1) is 11.6 Å². The Balaban J connectivity index is 0.000000203. The molecule has 310 valence electrons. The van der Waals surface area contributed by atoms with Crippen LogP contribution in [-0.2, 0) is 32.0 Å². The molecule has 2 aliphatic heterocycles. The Kier molecular flexibility index (Phi) is 14.5. The number of ketones is 1. The lowest BCUT2D eigenvalue weighted by atomic mass is 9.88. The van der Waals surface area contributed by atoms with Crippen LogP contribution < -0.4 is 5.32 Å². The van der Waals surface area contributed by atoms with E-state index in [9.17, 15) is 14.4 Å². The van der Waals surface area contributed by atoms with Crippen molar-refractivity contribution in [1.29, 1.82) is 0 Å². The molecule has 0 fully saturated rings. The van der Waals surface area contributed by atoms with E-state index in [0.29, 0.717) is 46.9 Å². The first kappa shape index (κ1) is 44.9. The maximum absolute atomic E-state index is 12.7. The van der Waals surface area contributed by atoms with Crippen LogP contribution in [0.4, 0.5) is 4.79 Å². The van der Waals surface area contributed by atoms with E-state index < -0.39 is 23.2 Å². The molecule has 4 aromatic carbocycles. The van der Waals surface area contributed by atoms with Crippen LogP contribution in [0.1, 0.15) is 86.0 Å². The molecule has 5 aromatic rings. The zero-order valence-electron chi connectivity index (χ0n) is 33.0. The first-order valence-corrected chi connectivity index (χ1v) is 21.5. The summed E-state index contributed by atoms with van der Waals surface area (Å²) < 4.78 is 6.36. The van der Waals surface area contributed by atoms with Crippen LogP contribution >= 0.6 is 66.7 Å². The number of methoxy groups -OCH3 is 1. The monoisotopic (exact) mass is 994 g/mol. The third kappa shape index (κ3) is 10.6. The van der Waals surface area contributed by atoms with E-state index in [-0.39, 0.29) is 11.7 Å². The minimum absolute atomic E-state index is 0.0907. The smallest absolute Gasteiger partial charge is 0.413 e. The van der Waals surface area contributed by atoms with Gasteiger partial charge in [-0.3, -0.25) is 19.9 Å². The van der Waals surface area contributed by atoms with Crippen LogP contribution in [0.2, 0.25) is 10.0 Å². The molecular formula is C45H39Br2Cl3N4O6. The van der Waals surface area contributed by atoms with Gasteiger partial charge in [0.2, 0.25) is 0 Å². The Morgan fingerprint density at radius 3 is 1.98 bits per heavy atom. The third-order valence-corrected chi connectivity index (χ3v) is 11.9. The Labute approximate surface area is 379 Å². The van der Waals surface area contributed by atoms with Crippen LogP contribution in [0, 0.1) is 13.8 Å². The fourth-order valence-corrected chi connectivity index (χ4v) is 8.97. The van der Waals surface area contributed by atoms with Gasteiger partial charge in [0.15, 0.2) is 17.0 Å². The molecule has 0 spiro atoms. The van der Waals surface area contributed by atoms with Crippen LogP contribution in [0.3, 0.4) is 0 Å². The minimum Gasteiger partial charge on any atom is -0.453 e. The average Bonchev–Trinajstić information content (AvgIpc) is 3.86. The highest BCUT2D eigenvalue weighted by Gasteiger charge is 2.41. The largest absolute Gasteiger partial charge is 0.453 e.